The van der Waals surface area contributed by atoms with Gasteiger partial charge in [-0.2, -0.15) is 4.98 Å². The molecule has 3 rings (SSSR count). The maximum absolute atomic E-state index is 13.5. The van der Waals surface area contributed by atoms with Gasteiger partial charge in [0, 0.05) is 16.8 Å². The fourth-order valence-corrected chi connectivity index (χ4v) is 2.26. The van der Waals surface area contributed by atoms with Crippen molar-refractivity contribution < 1.29 is 9.13 Å². The Morgan fingerprint density at radius 3 is 2.75 bits per heavy atom. The first-order valence-corrected chi connectivity index (χ1v) is 6.06. The Labute approximate surface area is 114 Å². The van der Waals surface area contributed by atoms with Gasteiger partial charge in [0.1, 0.15) is 11.6 Å². The quantitative estimate of drug-likeness (QED) is 0.778. The average Bonchev–Trinajstić information content (AvgIpc) is 2.81. The van der Waals surface area contributed by atoms with Gasteiger partial charge in [-0.05, 0) is 37.3 Å². The van der Waals surface area contributed by atoms with Crippen LogP contribution in [0, 0.1) is 12.7 Å². The molecular weight excluding hydrogens is 259 g/mol. The molecule has 102 valence electrons. The Bertz CT molecular complexity index is 797. The van der Waals surface area contributed by atoms with Crippen molar-refractivity contribution in [2.24, 2.45) is 0 Å². The van der Waals surface area contributed by atoms with Crippen molar-refractivity contribution in [1.82, 2.24) is 14.6 Å². The molecule has 0 aliphatic carbocycles. The predicted octanol–water partition coefficient (Wildman–Crippen LogP) is 2.43. The lowest BCUT2D eigenvalue weighted by Gasteiger charge is -2.11. The number of nitrogens with zero attached hydrogens (tertiary/aromatic N) is 3. The number of nitrogens with two attached hydrogens (primary N) is 1. The SMILES string of the molecule is COc1ccc(F)cc1-c1ccc2nc(N)nn2c1C. The molecule has 3 aromatic rings. The van der Waals surface area contributed by atoms with Gasteiger partial charge in [0.15, 0.2) is 5.65 Å². The highest BCUT2D eigenvalue weighted by molar-refractivity contribution is 5.73. The maximum Gasteiger partial charge on any atom is 0.240 e. The van der Waals surface area contributed by atoms with Gasteiger partial charge in [0.05, 0.1) is 7.11 Å². The second kappa shape index (κ2) is 4.48. The molecule has 0 unspecified atom stereocenters. The van der Waals surface area contributed by atoms with E-state index in [1.165, 1.54) is 12.1 Å². The summed E-state index contributed by atoms with van der Waals surface area (Å²) >= 11 is 0. The molecule has 20 heavy (non-hydrogen) atoms. The fourth-order valence-electron chi connectivity index (χ4n) is 2.26. The van der Waals surface area contributed by atoms with Gasteiger partial charge in [0.25, 0.3) is 0 Å². The minimum absolute atomic E-state index is 0.205. The molecular formula is C14H13FN4O. The average molecular weight is 272 g/mol. The van der Waals surface area contributed by atoms with Crippen molar-refractivity contribution in [2.75, 3.05) is 12.8 Å². The van der Waals surface area contributed by atoms with Gasteiger partial charge in [-0.1, -0.05) is 0 Å². The van der Waals surface area contributed by atoms with Crippen LogP contribution in [0.25, 0.3) is 16.8 Å². The molecule has 0 bridgehead atoms. The largest absolute Gasteiger partial charge is 0.496 e. The van der Waals surface area contributed by atoms with Gasteiger partial charge >= 0.3 is 0 Å². The number of rotatable bonds is 2. The molecule has 0 radical (unpaired) electrons. The van der Waals surface area contributed by atoms with E-state index in [-0.39, 0.29) is 11.8 Å². The molecule has 2 aromatic heterocycles. The van der Waals surface area contributed by atoms with E-state index < -0.39 is 0 Å². The van der Waals surface area contributed by atoms with Crippen LogP contribution in [0.5, 0.6) is 5.75 Å². The minimum Gasteiger partial charge on any atom is -0.496 e. The molecule has 0 amide bonds. The second-order valence-corrected chi connectivity index (χ2v) is 4.42. The van der Waals surface area contributed by atoms with Crippen molar-refractivity contribution in [1.29, 1.82) is 0 Å². The Morgan fingerprint density at radius 2 is 2.00 bits per heavy atom. The third-order valence-electron chi connectivity index (χ3n) is 3.21. The van der Waals surface area contributed by atoms with E-state index in [4.69, 9.17) is 10.5 Å². The highest BCUT2D eigenvalue weighted by Gasteiger charge is 2.13. The van der Waals surface area contributed by atoms with E-state index >= 15 is 0 Å². The summed E-state index contributed by atoms with van der Waals surface area (Å²) in [6.45, 7) is 1.88. The zero-order valence-corrected chi connectivity index (χ0v) is 11.1. The lowest BCUT2D eigenvalue weighted by atomic mass is 10.0. The van der Waals surface area contributed by atoms with Crippen molar-refractivity contribution in [2.45, 2.75) is 6.92 Å². The van der Waals surface area contributed by atoms with Crippen LogP contribution in [0.1, 0.15) is 5.69 Å². The van der Waals surface area contributed by atoms with Gasteiger partial charge in [-0.15, -0.1) is 5.10 Å². The number of ether oxygens (including phenoxy) is 1. The number of methoxy groups -OCH3 is 1. The first-order valence-electron chi connectivity index (χ1n) is 6.06. The normalized spacial score (nSPS) is 10.9. The monoisotopic (exact) mass is 272 g/mol. The summed E-state index contributed by atoms with van der Waals surface area (Å²) in [6.07, 6.45) is 0. The standard InChI is InChI=1S/C14H13FN4O/c1-8-10(4-6-13-17-14(16)18-19(8)13)11-7-9(15)3-5-12(11)20-2/h3-7H,1-2H3,(H2,16,18). The number of nitrogen functional groups attached to an aromatic ring is 1. The van der Waals surface area contributed by atoms with Gasteiger partial charge in [-0.25, -0.2) is 8.91 Å². The van der Waals surface area contributed by atoms with Crippen LogP contribution in [0.15, 0.2) is 30.3 Å². The summed E-state index contributed by atoms with van der Waals surface area (Å²) in [5, 5.41) is 4.13. The number of pyridine rings is 1. The molecule has 0 spiro atoms. The molecule has 6 heteroatoms. The first-order chi connectivity index (χ1) is 9.60. The third kappa shape index (κ3) is 1.85. The Hall–Kier alpha value is -2.63. The molecule has 1 aromatic carbocycles. The molecule has 2 N–H and O–H groups in total. The van der Waals surface area contributed by atoms with Gasteiger partial charge in [0.2, 0.25) is 5.95 Å². The smallest absolute Gasteiger partial charge is 0.240 e. The molecule has 0 fully saturated rings. The number of halogens is 1. The lowest BCUT2D eigenvalue weighted by molar-refractivity contribution is 0.415. The molecule has 0 atom stereocenters. The van der Waals surface area contributed by atoms with Crippen LogP contribution in [0.4, 0.5) is 10.3 Å². The Balaban J connectivity index is 2.29. The van der Waals surface area contributed by atoms with Gasteiger partial charge in [-0.3, -0.25) is 0 Å². The van der Waals surface area contributed by atoms with Crippen LogP contribution >= 0.6 is 0 Å². The third-order valence-corrected chi connectivity index (χ3v) is 3.21. The number of anilines is 1. The summed E-state index contributed by atoms with van der Waals surface area (Å²) < 4.78 is 20.4. The summed E-state index contributed by atoms with van der Waals surface area (Å²) in [6, 6.07) is 8.05. The molecule has 0 saturated carbocycles. The van der Waals surface area contributed by atoms with E-state index in [2.05, 4.69) is 10.1 Å². The molecule has 0 aliphatic rings. The van der Waals surface area contributed by atoms with Crippen molar-refractivity contribution in [3.05, 3.63) is 41.8 Å². The Morgan fingerprint density at radius 1 is 1.20 bits per heavy atom. The summed E-state index contributed by atoms with van der Waals surface area (Å²) in [7, 11) is 1.55. The maximum atomic E-state index is 13.5. The highest BCUT2D eigenvalue weighted by Crippen LogP contribution is 2.33. The highest BCUT2D eigenvalue weighted by atomic mass is 19.1. The van der Waals surface area contributed by atoms with Crippen LogP contribution in [-0.2, 0) is 0 Å². The Kier molecular flexibility index (Phi) is 2.78. The van der Waals surface area contributed by atoms with E-state index in [0.717, 1.165) is 11.3 Å². The predicted molar refractivity (Wildman–Crippen MR) is 74.1 cm³/mol. The van der Waals surface area contributed by atoms with E-state index in [9.17, 15) is 4.39 Å². The number of hydrogen-bond donors (Lipinski definition) is 1. The fraction of sp³-hybridized carbons (Fsp3) is 0.143. The summed E-state index contributed by atoms with van der Waals surface area (Å²) in [5.74, 6) is 0.483. The van der Waals surface area contributed by atoms with Crippen LogP contribution < -0.4 is 10.5 Å². The number of benzene rings is 1. The molecule has 0 saturated heterocycles. The molecule has 2 heterocycles. The van der Waals surface area contributed by atoms with E-state index in [1.807, 2.05) is 13.0 Å². The number of aryl methyl sites for hydroxylation is 1. The zero-order valence-electron chi connectivity index (χ0n) is 11.1. The number of fused-ring (bicyclic) bond motifs is 1. The zero-order chi connectivity index (χ0) is 14.3. The van der Waals surface area contributed by atoms with E-state index in [1.54, 1.807) is 23.8 Å². The topological polar surface area (TPSA) is 65.4 Å². The van der Waals surface area contributed by atoms with Crippen molar-refractivity contribution in [3.63, 3.8) is 0 Å². The molecule has 0 aliphatic heterocycles. The van der Waals surface area contributed by atoms with Crippen LogP contribution in [-0.4, -0.2) is 21.7 Å². The second-order valence-electron chi connectivity index (χ2n) is 4.42. The van der Waals surface area contributed by atoms with E-state index in [0.29, 0.717) is 17.0 Å². The summed E-state index contributed by atoms with van der Waals surface area (Å²) in [5.41, 5.74) is 8.55. The first kappa shape index (κ1) is 12.4. The van der Waals surface area contributed by atoms with Crippen LogP contribution in [0.3, 0.4) is 0 Å². The van der Waals surface area contributed by atoms with Gasteiger partial charge < -0.3 is 10.5 Å². The summed E-state index contributed by atoms with van der Waals surface area (Å²) in [4.78, 5) is 4.09. The number of hydrogen-bond acceptors (Lipinski definition) is 4. The van der Waals surface area contributed by atoms with Crippen molar-refractivity contribution in [3.8, 4) is 16.9 Å². The molecule has 5 nitrogen and oxygen atoms in total. The number of aromatic nitrogens is 3. The van der Waals surface area contributed by atoms with Crippen LogP contribution in [0.2, 0.25) is 0 Å². The minimum atomic E-state index is -0.321. The lowest BCUT2D eigenvalue weighted by Crippen LogP contribution is -1.98. The van der Waals surface area contributed by atoms with Crippen molar-refractivity contribution >= 4 is 11.6 Å².